The SMILES string of the molecule is COc1ccc(NC(=S)NC(C)C)cc1O. The maximum absolute atomic E-state index is 9.56. The highest BCUT2D eigenvalue weighted by Crippen LogP contribution is 2.28. The molecule has 1 aromatic carbocycles. The lowest BCUT2D eigenvalue weighted by atomic mass is 10.3. The molecule has 3 N–H and O–H groups in total. The van der Waals surface area contributed by atoms with Crippen LogP contribution >= 0.6 is 12.2 Å². The first-order valence-electron chi connectivity index (χ1n) is 4.97. The summed E-state index contributed by atoms with van der Waals surface area (Å²) in [5.41, 5.74) is 0.719. The van der Waals surface area contributed by atoms with Gasteiger partial charge in [-0.2, -0.15) is 0 Å². The molecule has 88 valence electrons. The second-order valence-electron chi connectivity index (χ2n) is 3.64. The summed E-state index contributed by atoms with van der Waals surface area (Å²) in [6, 6.07) is 5.29. The molecule has 16 heavy (non-hydrogen) atoms. The van der Waals surface area contributed by atoms with Crippen LogP contribution in [0.25, 0.3) is 0 Å². The van der Waals surface area contributed by atoms with E-state index in [9.17, 15) is 5.11 Å². The first kappa shape index (κ1) is 12.6. The zero-order chi connectivity index (χ0) is 12.1. The van der Waals surface area contributed by atoms with Gasteiger partial charge in [-0.1, -0.05) is 0 Å². The van der Waals surface area contributed by atoms with E-state index in [2.05, 4.69) is 10.6 Å². The van der Waals surface area contributed by atoms with Gasteiger partial charge in [-0.15, -0.1) is 0 Å². The Hall–Kier alpha value is -1.49. The molecule has 0 aliphatic carbocycles. The minimum absolute atomic E-state index is 0.0832. The van der Waals surface area contributed by atoms with Crippen molar-refractivity contribution in [1.29, 1.82) is 0 Å². The minimum Gasteiger partial charge on any atom is -0.504 e. The third-order valence-electron chi connectivity index (χ3n) is 1.86. The van der Waals surface area contributed by atoms with Crippen molar-refractivity contribution in [1.82, 2.24) is 5.32 Å². The number of ether oxygens (including phenoxy) is 1. The third-order valence-corrected chi connectivity index (χ3v) is 2.08. The van der Waals surface area contributed by atoms with Crippen LogP contribution in [0.4, 0.5) is 5.69 Å². The third kappa shape index (κ3) is 3.58. The second-order valence-corrected chi connectivity index (χ2v) is 4.05. The standard InChI is InChI=1S/C11H16N2O2S/c1-7(2)12-11(16)13-8-4-5-10(15-3)9(14)6-8/h4-7,14H,1-3H3,(H2,12,13,16). The summed E-state index contributed by atoms with van der Waals surface area (Å²) in [6.07, 6.45) is 0. The molecule has 0 saturated heterocycles. The maximum Gasteiger partial charge on any atom is 0.170 e. The number of aromatic hydroxyl groups is 1. The number of phenolic OH excluding ortho intramolecular Hbond substituents is 1. The summed E-state index contributed by atoms with van der Waals surface area (Å²) in [5.74, 6) is 0.521. The molecule has 0 spiro atoms. The van der Waals surface area contributed by atoms with Crippen molar-refractivity contribution in [3.05, 3.63) is 18.2 Å². The summed E-state index contributed by atoms with van der Waals surface area (Å²) >= 11 is 5.08. The first-order chi connectivity index (χ1) is 7.52. The van der Waals surface area contributed by atoms with Crippen LogP contribution < -0.4 is 15.4 Å². The largest absolute Gasteiger partial charge is 0.504 e. The van der Waals surface area contributed by atoms with Gasteiger partial charge in [0, 0.05) is 17.8 Å². The van der Waals surface area contributed by atoms with Crippen LogP contribution in [0.3, 0.4) is 0 Å². The van der Waals surface area contributed by atoms with Crippen molar-refractivity contribution in [3.63, 3.8) is 0 Å². The van der Waals surface area contributed by atoms with E-state index in [0.717, 1.165) is 5.69 Å². The van der Waals surface area contributed by atoms with Gasteiger partial charge in [0.05, 0.1) is 7.11 Å². The summed E-state index contributed by atoms with van der Waals surface area (Å²) in [5, 5.41) is 16.1. The molecule has 0 atom stereocenters. The smallest absolute Gasteiger partial charge is 0.170 e. The van der Waals surface area contributed by atoms with Crippen molar-refractivity contribution in [3.8, 4) is 11.5 Å². The zero-order valence-electron chi connectivity index (χ0n) is 9.57. The summed E-state index contributed by atoms with van der Waals surface area (Å²) in [4.78, 5) is 0. The van der Waals surface area contributed by atoms with Crippen LogP contribution in [0.5, 0.6) is 11.5 Å². The minimum atomic E-state index is 0.0832. The van der Waals surface area contributed by atoms with Gasteiger partial charge in [-0.25, -0.2) is 0 Å². The molecular formula is C11H16N2O2S. The highest BCUT2D eigenvalue weighted by atomic mass is 32.1. The number of benzene rings is 1. The maximum atomic E-state index is 9.56. The fourth-order valence-corrected chi connectivity index (χ4v) is 1.55. The van der Waals surface area contributed by atoms with Crippen LogP contribution in [0.15, 0.2) is 18.2 Å². The summed E-state index contributed by atoms with van der Waals surface area (Å²) in [7, 11) is 1.51. The Bertz CT molecular complexity index is 380. The molecule has 0 fully saturated rings. The number of rotatable bonds is 3. The molecule has 0 aliphatic heterocycles. The van der Waals surface area contributed by atoms with Crippen LogP contribution in [-0.2, 0) is 0 Å². The molecule has 0 aromatic heterocycles. The molecule has 4 nitrogen and oxygen atoms in total. The van der Waals surface area contributed by atoms with Gasteiger partial charge in [0.15, 0.2) is 16.6 Å². The highest BCUT2D eigenvalue weighted by Gasteiger charge is 2.04. The Balaban J connectivity index is 2.68. The first-order valence-corrected chi connectivity index (χ1v) is 5.38. The van der Waals surface area contributed by atoms with Crippen LogP contribution in [0.2, 0.25) is 0 Å². The molecule has 0 unspecified atom stereocenters. The van der Waals surface area contributed by atoms with Crippen molar-refractivity contribution in [2.75, 3.05) is 12.4 Å². The average molecular weight is 240 g/mol. The van der Waals surface area contributed by atoms with E-state index >= 15 is 0 Å². The van der Waals surface area contributed by atoms with Crippen LogP contribution in [-0.4, -0.2) is 23.4 Å². The predicted molar refractivity (Wildman–Crippen MR) is 69.2 cm³/mol. The number of methoxy groups -OCH3 is 1. The van der Waals surface area contributed by atoms with Crippen molar-refractivity contribution < 1.29 is 9.84 Å². The number of hydrogen-bond donors (Lipinski definition) is 3. The number of nitrogens with one attached hydrogen (secondary N) is 2. The van der Waals surface area contributed by atoms with E-state index in [1.807, 2.05) is 13.8 Å². The van der Waals surface area contributed by atoms with Gasteiger partial charge in [0.25, 0.3) is 0 Å². The molecular weight excluding hydrogens is 224 g/mol. The van der Waals surface area contributed by atoms with E-state index in [1.54, 1.807) is 18.2 Å². The Morgan fingerprint density at radius 3 is 2.62 bits per heavy atom. The van der Waals surface area contributed by atoms with Gasteiger partial charge in [-0.05, 0) is 38.2 Å². The molecule has 0 aliphatic rings. The van der Waals surface area contributed by atoms with Gasteiger partial charge in [-0.3, -0.25) is 0 Å². The zero-order valence-corrected chi connectivity index (χ0v) is 10.4. The number of anilines is 1. The lowest BCUT2D eigenvalue weighted by Crippen LogP contribution is -2.33. The van der Waals surface area contributed by atoms with Crippen LogP contribution in [0, 0.1) is 0 Å². The highest BCUT2D eigenvalue weighted by molar-refractivity contribution is 7.80. The molecule has 0 heterocycles. The summed E-state index contributed by atoms with van der Waals surface area (Å²) in [6.45, 7) is 4.00. The molecule has 0 radical (unpaired) electrons. The molecule has 0 amide bonds. The Labute approximate surface area is 101 Å². The predicted octanol–water partition coefficient (Wildman–Crippen LogP) is 2.10. The molecule has 5 heteroatoms. The van der Waals surface area contributed by atoms with E-state index in [4.69, 9.17) is 17.0 Å². The fraction of sp³-hybridized carbons (Fsp3) is 0.364. The van der Waals surface area contributed by atoms with E-state index in [1.165, 1.54) is 7.11 Å². The number of thiocarbonyl (C=S) groups is 1. The number of hydrogen-bond acceptors (Lipinski definition) is 3. The molecule has 0 bridgehead atoms. The van der Waals surface area contributed by atoms with Crippen molar-refractivity contribution in [2.24, 2.45) is 0 Å². The fourth-order valence-electron chi connectivity index (χ4n) is 1.20. The van der Waals surface area contributed by atoms with Gasteiger partial charge in [0.2, 0.25) is 0 Å². The normalized spacial score (nSPS) is 10.0. The van der Waals surface area contributed by atoms with Gasteiger partial charge in [0.1, 0.15) is 0 Å². The van der Waals surface area contributed by atoms with E-state index in [-0.39, 0.29) is 11.8 Å². The Morgan fingerprint density at radius 2 is 2.12 bits per heavy atom. The topological polar surface area (TPSA) is 53.5 Å². The molecule has 0 saturated carbocycles. The molecule has 1 aromatic rings. The lowest BCUT2D eigenvalue weighted by molar-refractivity contribution is 0.373. The van der Waals surface area contributed by atoms with Crippen LogP contribution in [0.1, 0.15) is 13.8 Å². The monoisotopic (exact) mass is 240 g/mol. The quantitative estimate of drug-likeness (QED) is 0.706. The average Bonchev–Trinajstić information content (AvgIpc) is 2.16. The van der Waals surface area contributed by atoms with E-state index in [0.29, 0.717) is 10.9 Å². The van der Waals surface area contributed by atoms with Crippen molar-refractivity contribution >= 4 is 23.0 Å². The second kappa shape index (κ2) is 5.55. The van der Waals surface area contributed by atoms with E-state index < -0.39 is 0 Å². The Kier molecular flexibility index (Phi) is 4.37. The van der Waals surface area contributed by atoms with Crippen molar-refractivity contribution in [2.45, 2.75) is 19.9 Å². The molecule has 1 rings (SSSR count). The van der Waals surface area contributed by atoms with Gasteiger partial charge >= 0.3 is 0 Å². The Morgan fingerprint density at radius 1 is 1.44 bits per heavy atom. The number of phenols is 1. The van der Waals surface area contributed by atoms with Gasteiger partial charge < -0.3 is 20.5 Å². The summed E-state index contributed by atoms with van der Waals surface area (Å²) < 4.78 is 4.94. The lowest BCUT2D eigenvalue weighted by Gasteiger charge is -2.13.